The number of methoxy groups -OCH3 is 1. The molecule has 0 heterocycles. The summed E-state index contributed by atoms with van der Waals surface area (Å²) in [6.45, 7) is 8.35. The van der Waals surface area contributed by atoms with Gasteiger partial charge in [-0.25, -0.2) is 0 Å². The lowest BCUT2D eigenvalue weighted by atomic mass is 9.82. The minimum atomic E-state index is -0.920. The normalized spacial score (nSPS) is 15.0. The minimum Gasteiger partial charge on any atom is -0.490 e. The van der Waals surface area contributed by atoms with Crippen LogP contribution in [-0.4, -0.2) is 61.8 Å². The van der Waals surface area contributed by atoms with Crippen LogP contribution in [0.4, 0.5) is 0 Å². The van der Waals surface area contributed by atoms with Crippen molar-refractivity contribution in [2.24, 2.45) is 29.2 Å². The number of aliphatic carboxylic acids is 1. The number of aliphatic hydroxyl groups is 1. The van der Waals surface area contributed by atoms with Crippen LogP contribution in [0, 0.1) is 17.8 Å². The van der Waals surface area contributed by atoms with Crippen molar-refractivity contribution in [2.45, 2.75) is 77.9 Å². The van der Waals surface area contributed by atoms with Crippen molar-refractivity contribution in [3.8, 4) is 11.5 Å². The van der Waals surface area contributed by atoms with Crippen LogP contribution in [0.15, 0.2) is 18.2 Å². The van der Waals surface area contributed by atoms with Crippen molar-refractivity contribution >= 4 is 5.97 Å². The highest BCUT2D eigenvalue weighted by Crippen LogP contribution is 2.32. The van der Waals surface area contributed by atoms with Crippen LogP contribution < -0.4 is 20.9 Å². The topological polar surface area (TPSA) is 137 Å². The summed E-state index contributed by atoms with van der Waals surface area (Å²) in [6.07, 6.45) is 4.43. The number of carboxylic acids is 1. The van der Waals surface area contributed by atoms with E-state index >= 15 is 0 Å². The number of benzene rings is 1. The molecule has 6 N–H and O–H groups in total. The second kappa shape index (κ2) is 17.5. The molecule has 0 aliphatic rings. The van der Waals surface area contributed by atoms with Gasteiger partial charge in [-0.15, -0.1) is 0 Å². The predicted molar refractivity (Wildman–Crippen MR) is 139 cm³/mol. The molecule has 0 amide bonds. The van der Waals surface area contributed by atoms with Gasteiger partial charge in [0.1, 0.15) is 0 Å². The van der Waals surface area contributed by atoms with Gasteiger partial charge in [-0.1, -0.05) is 26.8 Å². The summed E-state index contributed by atoms with van der Waals surface area (Å²) < 4.78 is 17.2. The molecule has 0 aliphatic heterocycles. The number of ether oxygens (including phenoxy) is 3. The Morgan fingerprint density at radius 3 is 2.29 bits per heavy atom. The van der Waals surface area contributed by atoms with Crippen LogP contribution in [0.1, 0.15) is 64.9 Å². The standard InChI is InChI=1S/C27H48N2O6/c1-19(2)22(18-23(29)24(30)15-20(3)27(31)32)16-21-9-10-25(34-13-7-5-6-11-28)26(17-21)35-14-8-12-33-4/h9-10,17,19-20,22-24,30H,5-8,11-16,18,28-29H2,1-4H3,(H,31,32)/t20-,22+,23+,24+/m1/s1. The van der Waals surface area contributed by atoms with Crippen LogP contribution in [0.2, 0.25) is 0 Å². The Hall–Kier alpha value is -1.87. The Labute approximate surface area is 211 Å². The van der Waals surface area contributed by atoms with Crippen LogP contribution in [-0.2, 0) is 16.0 Å². The van der Waals surface area contributed by atoms with Gasteiger partial charge >= 0.3 is 5.97 Å². The first-order valence-corrected chi connectivity index (χ1v) is 12.9. The lowest BCUT2D eigenvalue weighted by Crippen LogP contribution is -2.39. The van der Waals surface area contributed by atoms with E-state index in [1.807, 2.05) is 12.1 Å². The molecule has 1 aromatic rings. The van der Waals surface area contributed by atoms with E-state index in [-0.39, 0.29) is 12.3 Å². The highest BCUT2D eigenvalue weighted by atomic mass is 16.5. The Bertz CT molecular complexity index is 715. The molecule has 4 atom stereocenters. The smallest absolute Gasteiger partial charge is 0.306 e. The number of unbranched alkanes of at least 4 members (excludes halogenated alkanes) is 2. The molecule has 0 aromatic heterocycles. The first-order chi connectivity index (χ1) is 16.7. The third-order valence-electron chi connectivity index (χ3n) is 6.39. The molecule has 0 saturated heterocycles. The maximum absolute atomic E-state index is 11.1. The van der Waals surface area contributed by atoms with Crippen LogP contribution >= 0.6 is 0 Å². The number of rotatable bonds is 20. The van der Waals surface area contributed by atoms with Crippen molar-refractivity contribution in [1.82, 2.24) is 0 Å². The van der Waals surface area contributed by atoms with E-state index < -0.39 is 24.0 Å². The number of carbonyl (C=O) groups is 1. The largest absolute Gasteiger partial charge is 0.490 e. The Balaban J connectivity index is 2.87. The van der Waals surface area contributed by atoms with Gasteiger partial charge < -0.3 is 35.9 Å². The number of aliphatic hydroxyl groups excluding tert-OH is 1. The maximum atomic E-state index is 11.1. The van der Waals surface area contributed by atoms with Gasteiger partial charge in [-0.05, 0) is 74.6 Å². The molecule has 8 heteroatoms. The van der Waals surface area contributed by atoms with Gasteiger partial charge in [0.2, 0.25) is 0 Å². The molecular weight excluding hydrogens is 448 g/mol. The number of nitrogens with two attached hydrogens (primary N) is 2. The van der Waals surface area contributed by atoms with E-state index in [2.05, 4.69) is 19.9 Å². The van der Waals surface area contributed by atoms with Gasteiger partial charge in [0.15, 0.2) is 11.5 Å². The van der Waals surface area contributed by atoms with Crippen molar-refractivity contribution < 1.29 is 29.2 Å². The van der Waals surface area contributed by atoms with Crippen molar-refractivity contribution in [2.75, 3.05) is 33.5 Å². The van der Waals surface area contributed by atoms with E-state index in [9.17, 15) is 9.90 Å². The summed E-state index contributed by atoms with van der Waals surface area (Å²) in [5.41, 5.74) is 13.0. The first-order valence-electron chi connectivity index (χ1n) is 12.9. The molecule has 0 spiro atoms. The molecule has 202 valence electrons. The van der Waals surface area contributed by atoms with E-state index in [4.69, 9.17) is 30.8 Å². The third kappa shape index (κ3) is 12.6. The Morgan fingerprint density at radius 2 is 1.66 bits per heavy atom. The van der Waals surface area contributed by atoms with Crippen molar-refractivity contribution in [1.29, 1.82) is 0 Å². The Kier molecular flexibility index (Phi) is 15.6. The zero-order valence-electron chi connectivity index (χ0n) is 22.1. The molecule has 8 nitrogen and oxygen atoms in total. The van der Waals surface area contributed by atoms with Crippen LogP contribution in [0.5, 0.6) is 11.5 Å². The van der Waals surface area contributed by atoms with Gasteiger partial charge in [0, 0.05) is 26.2 Å². The predicted octanol–water partition coefficient (Wildman–Crippen LogP) is 3.61. The lowest BCUT2D eigenvalue weighted by Gasteiger charge is -2.28. The van der Waals surface area contributed by atoms with Gasteiger partial charge in [-0.3, -0.25) is 4.79 Å². The summed E-state index contributed by atoms with van der Waals surface area (Å²) in [4.78, 5) is 11.1. The second-order valence-corrected chi connectivity index (χ2v) is 9.82. The van der Waals surface area contributed by atoms with E-state index in [0.717, 1.165) is 49.2 Å². The minimum absolute atomic E-state index is 0.151. The Morgan fingerprint density at radius 1 is 0.971 bits per heavy atom. The zero-order chi connectivity index (χ0) is 26.2. The summed E-state index contributed by atoms with van der Waals surface area (Å²) in [5.74, 6) is 0.471. The zero-order valence-corrected chi connectivity index (χ0v) is 22.1. The monoisotopic (exact) mass is 496 g/mol. The summed E-state index contributed by atoms with van der Waals surface area (Å²) in [5, 5.41) is 19.6. The fourth-order valence-corrected chi connectivity index (χ4v) is 3.94. The van der Waals surface area contributed by atoms with Crippen LogP contribution in [0.25, 0.3) is 0 Å². The average molecular weight is 497 g/mol. The van der Waals surface area contributed by atoms with E-state index in [1.54, 1.807) is 14.0 Å². The van der Waals surface area contributed by atoms with E-state index in [0.29, 0.717) is 38.7 Å². The summed E-state index contributed by atoms with van der Waals surface area (Å²) in [7, 11) is 1.67. The number of hydrogen-bond donors (Lipinski definition) is 4. The fraction of sp³-hybridized carbons (Fsp3) is 0.741. The highest BCUT2D eigenvalue weighted by Gasteiger charge is 2.26. The molecule has 0 aliphatic carbocycles. The third-order valence-corrected chi connectivity index (χ3v) is 6.39. The second-order valence-electron chi connectivity index (χ2n) is 9.82. The highest BCUT2D eigenvalue weighted by molar-refractivity contribution is 5.69. The lowest BCUT2D eigenvalue weighted by molar-refractivity contribution is -0.142. The number of hydrogen-bond acceptors (Lipinski definition) is 7. The van der Waals surface area contributed by atoms with Gasteiger partial charge in [0.25, 0.3) is 0 Å². The molecule has 0 radical (unpaired) electrons. The van der Waals surface area contributed by atoms with Gasteiger partial charge in [0.05, 0.1) is 25.2 Å². The van der Waals surface area contributed by atoms with E-state index in [1.165, 1.54) is 0 Å². The van der Waals surface area contributed by atoms with Gasteiger partial charge in [-0.2, -0.15) is 0 Å². The molecule has 1 rings (SSSR count). The molecule has 0 saturated carbocycles. The molecule has 35 heavy (non-hydrogen) atoms. The summed E-state index contributed by atoms with van der Waals surface area (Å²) >= 11 is 0. The average Bonchev–Trinajstić information content (AvgIpc) is 2.81. The first kappa shape index (κ1) is 31.2. The maximum Gasteiger partial charge on any atom is 0.306 e. The molecule has 0 fully saturated rings. The SMILES string of the molecule is COCCCOc1cc(C[C@@H](C[C@H](N)[C@@H](O)C[C@@H](C)C(=O)O)C(C)C)ccc1OCCCCCN. The van der Waals surface area contributed by atoms with Crippen LogP contribution in [0.3, 0.4) is 0 Å². The molecule has 0 bridgehead atoms. The van der Waals surface area contributed by atoms with Crippen molar-refractivity contribution in [3.05, 3.63) is 23.8 Å². The van der Waals surface area contributed by atoms with Crippen molar-refractivity contribution in [3.63, 3.8) is 0 Å². The fourth-order valence-electron chi connectivity index (χ4n) is 3.94. The molecule has 0 unspecified atom stereocenters. The number of carboxylic acid groups (broad SMARTS) is 1. The summed E-state index contributed by atoms with van der Waals surface area (Å²) in [6, 6.07) is 5.57. The molecule has 1 aromatic carbocycles. The quantitative estimate of drug-likeness (QED) is 0.201. The molecular formula is C27H48N2O6.